The molecule has 1 aliphatic heterocycles. The molecular weight excluding hydrogens is 326 g/mol. The number of likely N-dealkylation sites (N-methyl/N-ethyl adjacent to an activating group) is 1. The van der Waals surface area contributed by atoms with Crippen molar-refractivity contribution in [3.05, 3.63) is 35.8 Å². The fourth-order valence-corrected chi connectivity index (χ4v) is 3.90. The number of allylic oxidation sites excluding steroid dienone is 1. The van der Waals surface area contributed by atoms with Crippen molar-refractivity contribution < 1.29 is 17.9 Å². The third-order valence-corrected chi connectivity index (χ3v) is 5.49. The van der Waals surface area contributed by atoms with Crippen LogP contribution in [0.2, 0.25) is 0 Å². The summed E-state index contributed by atoms with van der Waals surface area (Å²) in [6.07, 6.45) is 12.4. The predicted molar refractivity (Wildman–Crippen MR) is 97.5 cm³/mol. The highest BCUT2D eigenvalue weighted by atomic mass is 32.2. The lowest BCUT2D eigenvalue weighted by atomic mass is 10.2. The summed E-state index contributed by atoms with van der Waals surface area (Å²) < 4.78 is 27.2. The zero-order valence-electron chi connectivity index (χ0n) is 14.6. The van der Waals surface area contributed by atoms with Gasteiger partial charge in [-0.3, -0.25) is 4.79 Å². The number of carbonyl (C=O) groups is 1. The van der Waals surface area contributed by atoms with Crippen LogP contribution in [0.5, 0.6) is 0 Å². The Morgan fingerprint density at radius 1 is 1.42 bits per heavy atom. The molecule has 2 atom stereocenters. The summed E-state index contributed by atoms with van der Waals surface area (Å²) in [7, 11) is -1.10. The number of nitrogens with one attached hydrogen (secondary N) is 1. The summed E-state index contributed by atoms with van der Waals surface area (Å²) in [6.45, 7) is 5.57. The molecule has 0 bridgehead atoms. The first-order valence-corrected chi connectivity index (χ1v) is 10.1. The molecule has 0 amide bonds. The molecule has 2 unspecified atom stereocenters. The second-order valence-electron chi connectivity index (χ2n) is 6.17. The van der Waals surface area contributed by atoms with Gasteiger partial charge >= 0.3 is 0 Å². The molecule has 0 aromatic rings. The molecule has 1 saturated carbocycles. The number of hydrogen-bond acceptors (Lipinski definition) is 5. The third kappa shape index (κ3) is 8.04. The minimum Gasteiger partial charge on any atom is -0.371 e. The Balaban J connectivity index is 0.000000272. The Labute approximate surface area is 145 Å². The molecular formula is C18H29NO4S. The van der Waals surface area contributed by atoms with E-state index in [4.69, 9.17) is 4.74 Å². The quantitative estimate of drug-likeness (QED) is 0.432. The normalized spacial score (nSPS) is 24.2. The summed E-state index contributed by atoms with van der Waals surface area (Å²) in [5, 5.41) is 4.11. The van der Waals surface area contributed by atoms with Crippen molar-refractivity contribution in [2.45, 2.75) is 57.3 Å². The average molecular weight is 356 g/mol. The van der Waals surface area contributed by atoms with E-state index in [1.807, 2.05) is 19.1 Å². The van der Waals surface area contributed by atoms with Gasteiger partial charge in [0, 0.05) is 11.4 Å². The lowest BCUT2D eigenvalue weighted by Gasteiger charge is -2.17. The molecule has 0 aromatic carbocycles. The topological polar surface area (TPSA) is 72.5 Å². The summed E-state index contributed by atoms with van der Waals surface area (Å²) in [6, 6.07) is 0.0231. The fraction of sp³-hybridized carbons (Fsp3) is 0.611. The van der Waals surface area contributed by atoms with Crippen molar-refractivity contribution >= 4 is 16.1 Å². The molecule has 1 heterocycles. The Kier molecular flexibility index (Phi) is 9.18. The second-order valence-corrected chi connectivity index (χ2v) is 8.10. The Morgan fingerprint density at radius 3 is 2.50 bits per heavy atom. The maximum absolute atomic E-state index is 10.7. The van der Waals surface area contributed by atoms with Gasteiger partial charge in [0.1, 0.15) is 6.29 Å². The molecule has 0 spiro atoms. The van der Waals surface area contributed by atoms with Crippen LogP contribution < -0.4 is 5.32 Å². The third-order valence-electron chi connectivity index (χ3n) is 4.09. The number of aldehydes is 1. The van der Waals surface area contributed by atoms with Crippen molar-refractivity contribution in [2.24, 2.45) is 0 Å². The van der Waals surface area contributed by atoms with Crippen LogP contribution in [0.15, 0.2) is 35.8 Å². The summed E-state index contributed by atoms with van der Waals surface area (Å²) in [5.74, 6) is 0.212. The number of ether oxygens (including phenoxy) is 1. The lowest BCUT2D eigenvalue weighted by Crippen LogP contribution is -2.25. The minimum absolute atomic E-state index is 0.0231. The van der Waals surface area contributed by atoms with Crippen molar-refractivity contribution in [3.8, 4) is 0 Å². The maximum Gasteiger partial charge on any atom is 0.173 e. The van der Waals surface area contributed by atoms with Crippen LogP contribution in [-0.2, 0) is 19.4 Å². The monoisotopic (exact) mass is 355 g/mol. The van der Waals surface area contributed by atoms with Gasteiger partial charge < -0.3 is 10.1 Å². The minimum atomic E-state index is -2.85. The van der Waals surface area contributed by atoms with Crippen LogP contribution in [0.1, 0.15) is 39.0 Å². The molecule has 5 nitrogen and oxygen atoms in total. The molecule has 1 N–H and O–H groups in total. The molecule has 0 aromatic heterocycles. The molecule has 6 heteroatoms. The van der Waals surface area contributed by atoms with Gasteiger partial charge in [0.2, 0.25) is 0 Å². The number of hydrogen-bond donors (Lipinski definition) is 1. The van der Waals surface area contributed by atoms with Gasteiger partial charge in [0.15, 0.2) is 9.84 Å². The van der Waals surface area contributed by atoms with Gasteiger partial charge in [-0.15, -0.1) is 6.58 Å². The summed E-state index contributed by atoms with van der Waals surface area (Å²) >= 11 is 0. The first-order chi connectivity index (χ1) is 11.4. The second kappa shape index (κ2) is 10.6. The van der Waals surface area contributed by atoms with Crippen LogP contribution in [0.3, 0.4) is 0 Å². The highest BCUT2D eigenvalue weighted by molar-refractivity contribution is 7.94. The smallest absolute Gasteiger partial charge is 0.173 e. The van der Waals surface area contributed by atoms with Gasteiger partial charge in [0.25, 0.3) is 0 Å². The van der Waals surface area contributed by atoms with Gasteiger partial charge in [-0.05, 0) is 38.8 Å². The molecule has 0 saturated heterocycles. The van der Waals surface area contributed by atoms with Gasteiger partial charge in [0.05, 0.1) is 18.0 Å². The van der Waals surface area contributed by atoms with Crippen LogP contribution in [-0.4, -0.2) is 45.8 Å². The van der Waals surface area contributed by atoms with Crippen molar-refractivity contribution in [1.29, 1.82) is 0 Å². The van der Waals surface area contributed by atoms with E-state index >= 15 is 0 Å². The largest absolute Gasteiger partial charge is 0.371 e. The predicted octanol–water partition coefficient (Wildman–Crippen LogP) is 2.55. The van der Waals surface area contributed by atoms with Gasteiger partial charge in [-0.25, -0.2) is 8.42 Å². The fourth-order valence-electron chi connectivity index (χ4n) is 2.58. The van der Waals surface area contributed by atoms with Crippen molar-refractivity contribution in [3.63, 3.8) is 0 Å². The number of carbonyl (C=O) groups excluding carboxylic acids is 1. The Morgan fingerprint density at radius 2 is 2.08 bits per heavy atom. The van der Waals surface area contributed by atoms with E-state index in [2.05, 4.69) is 11.9 Å². The van der Waals surface area contributed by atoms with Crippen LogP contribution in [0.4, 0.5) is 0 Å². The van der Waals surface area contributed by atoms with E-state index in [-0.39, 0.29) is 17.9 Å². The standard InChI is InChI=1S/C13H20O2.C5H9NO2S/c1-3-12(9-8-11(2)10-14)15-13-6-4-5-7-13;1-6-5-2-3-9(7,8)4-5/h3,8,10,12-13H,1,4-7,9H2,2H3;2-3,5-6H,4H2,1H3/b11-8+;. The Hall–Kier alpha value is -1.24. The molecule has 24 heavy (non-hydrogen) atoms. The van der Waals surface area contributed by atoms with Gasteiger partial charge in [-0.2, -0.15) is 0 Å². The number of rotatable bonds is 7. The molecule has 2 rings (SSSR count). The van der Waals surface area contributed by atoms with Crippen molar-refractivity contribution in [2.75, 3.05) is 12.8 Å². The first kappa shape index (κ1) is 20.8. The van der Waals surface area contributed by atoms with Crippen LogP contribution in [0.25, 0.3) is 0 Å². The van der Waals surface area contributed by atoms with Gasteiger partial charge in [-0.1, -0.05) is 31.1 Å². The number of sulfone groups is 1. The highest BCUT2D eigenvalue weighted by Crippen LogP contribution is 2.23. The first-order valence-electron chi connectivity index (χ1n) is 8.38. The average Bonchev–Trinajstić information content (AvgIpc) is 3.20. The Bertz CT molecular complexity index is 560. The zero-order valence-corrected chi connectivity index (χ0v) is 15.4. The van der Waals surface area contributed by atoms with E-state index in [1.165, 1.54) is 31.1 Å². The van der Waals surface area contributed by atoms with E-state index in [0.717, 1.165) is 18.3 Å². The molecule has 2 aliphatic rings. The SMILES string of the molecule is C=CC(C/C=C(\C)C=O)OC1CCCC1.CNC1C=CS(=O)(=O)C1. The highest BCUT2D eigenvalue weighted by Gasteiger charge is 2.19. The lowest BCUT2D eigenvalue weighted by molar-refractivity contribution is -0.104. The van der Waals surface area contributed by atoms with Crippen LogP contribution >= 0.6 is 0 Å². The summed E-state index contributed by atoms with van der Waals surface area (Å²) in [4.78, 5) is 10.4. The maximum atomic E-state index is 10.7. The zero-order chi connectivity index (χ0) is 18.0. The van der Waals surface area contributed by atoms with E-state index in [9.17, 15) is 13.2 Å². The molecule has 1 aliphatic carbocycles. The van der Waals surface area contributed by atoms with E-state index < -0.39 is 9.84 Å². The van der Waals surface area contributed by atoms with Crippen molar-refractivity contribution in [1.82, 2.24) is 5.32 Å². The molecule has 136 valence electrons. The molecule has 1 fully saturated rings. The van der Waals surface area contributed by atoms with E-state index in [0.29, 0.717) is 6.10 Å². The van der Waals surface area contributed by atoms with E-state index in [1.54, 1.807) is 13.1 Å². The molecule has 0 radical (unpaired) electrons. The van der Waals surface area contributed by atoms with Crippen LogP contribution in [0, 0.1) is 0 Å². The summed E-state index contributed by atoms with van der Waals surface area (Å²) in [5.41, 5.74) is 0.761.